The molecule has 2 aromatic rings. The third-order valence-electron chi connectivity index (χ3n) is 3.69. The number of rotatable bonds is 3. The largest absolute Gasteiger partial charge is 0.478 e. The van der Waals surface area contributed by atoms with Crippen LogP contribution < -0.4 is 4.90 Å². The lowest BCUT2D eigenvalue weighted by molar-refractivity contribution is 0.0697. The van der Waals surface area contributed by atoms with Crippen LogP contribution in [0.3, 0.4) is 0 Å². The van der Waals surface area contributed by atoms with Crippen molar-refractivity contribution >= 4 is 11.7 Å². The highest BCUT2D eigenvalue weighted by Gasteiger charge is 2.16. The molecule has 1 saturated heterocycles. The number of ether oxygens (including phenoxy) is 1. The zero-order chi connectivity index (χ0) is 14.7. The third-order valence-corrected chi connectivity index (χ3v) is 3.69. The van der Waals surface area contributed by atoms with E-state index < -0.39 is 5.97 Å². The monoisotopic (exact) mass is 283 g/mol. The predicted octanol–water partition coefficient (Wildman–Crippen LogP) is 2.89. The number of carbonyl (C=O) groups is 1. The second-order valence-electron chi connectivity index (χ2n) is 5.00. The molecule has 0 aromatic heterocycles. The summed E-state index contributed by atoms with van der Waals surface area (Å²) in [7, 11) is 0. The summed E-state index contributed by atoms with van der Waals surface area (Å²) in [6.45, 7) is 2.96. The number of hydrogen-bond acceptors (Lipinski definition) is 3. The van der Waals surface area contributed by atoms with Gasteiger partial charge in [-0.05, 0) is 23.3 Å². The summed E-state index contributed by atoms with van der Waals surface area (Å²) in [6.07, 6.45) is 0. The Morgan fingerprint density at radius 3 is 2.43 bits per heavy atom. The molecule has 1 aliphatic heterocycles. The fraction of sp³-hybridized carbons (Fsp3) is 0.235. The molecule has 2 aromatic carbocycles. The molecular weight excluding hydrogens is 266 g/mol. The van der Waals surface area contributed by atoms with E-state index in [-0.39, 0.29) is 0 Å². The third kappa shape index (κ3) is 2.90. The van der Waals surface area contributed by atoms with Crippen LogP contribution in [0.25, 0.3) is 11.1 Å². The number of nitrogens with zero attached hydrogens (tertiary/aromatic N) is 1. The minimum Gasteiger partial charge on any atom is -0.478 e. The average Bonchev–Trinajstić information content (AvgIpc) is 2.56. The molecule has 0 amide bonds. The van der Waals surface area contributed by atoms with Crippen LogP contribution in [0.2, 0.25) is 0 Å². The number of carboxylic acids is 1. The van der Waals surface area contributed by atoms with Gasteiger partial charge in [0.15, 0.2) is 0 Å². The van der Waals surface area contributed by atoms with Gasteiger partial charge in [-0.25, -0.2) is 4.79 Å². The van der Waals surface area contributed by atoms with E-state index in [9.17, 15) is 9.90 Å². The lowest BCUT2D eigenvalue weighted by Gasteiger charge is -2.29. The van der Waals surface area contributed by atoms with Crippen molar-refractivity contribution in [1.82, 2.24) is 0 Å². The summed E-state index contributed by atoms with van der Waals surface area (Å²) >= 11 is 0. The predicted molar refractivity (Wildman–Crippen MR) is 81.9 cm³/mol. The first-order valence-electron chi connectivity index (χ1n) is 7.01. The van der Waals surface area contributed by atoms with Crippen molar-refractivity contribution in [2.45, 2.75) is 0 Å². The summed E-state index contributed by atoms with van der Waals surface area (Å²) < 4.78 is 5.33. The fourth-order valence-electron chi connectivity index (χ4n) is 2.60. The van der Waals surface area contributed by atoms with Crippen LogP contribution in [-0.4, -0.2) is 37.4 Å². The van der Waals surface area contributed by atoms with Gasteiger partial charge in [0, 0.05) is 18.8 Å². The first kappa shape index (κ1) is 13.6. The van der Waals surface area contributed by atoms with Crippen LogP contribution >= 0.6 is 0 Å². The minimum absolute atomic E-state index is 0.338. The van der Waals surface area contributed by atoms with Gasteiger partial charge in [0.1, 0.15) is 0 Å². The molecule has 0 saturated carbocycles. The fourth-order valence-corrected chi connectivity index (χ4v) is 2.60. The van der Waals surface area contributed by atoms with Crippen LogP contribution in [-0.2, 0) is 4.74 Å². The lowest BCUT2D eigenvalue weighted by Crippen LogP contribution is -2.36. The van der Waals surface area contributed by atoms with Gasteiger partial charge >= 0.3 is 5.97 Å². The molecule has 4 nitrogen and oxygen atoms in total. The number of aromatic carboxylic acids is 1. The van der Waals surface area contributed by atoms with Crippen LogP contribution in [0.4, 0.5) is 5.69 Å². The van der Waals surface area contributed by atoms with Crippen LogP contribution in [0.15, 0.2) is 48.5 Å². The number of benzene rings is 2. The zero-order valence-electron chi connectivity index (χ0n) is 11.7. The zero-order valence-corrected chi connectivity index (χ0v) is 11.7. The Morgan fingerprint density at radius 1 is 1.05 bits per heavy atom. The number of carboxylic acid groups (broad SMARTS) is 1. The van der Waals surface area contributed by atoms with Crippen LogP contribution in [0, 0.1) is 0 Å². The number of morpholine rings is 1. The molecule has 0 unspecified atom stereocenters. The van der Waals surface area contributed by atoms with Gasteiger partial charge in [0.2, 0.25) is 0 Å². The number of anilines is 1. The van der Waals surface area contributed by atoms with Crippen molar-refractivity contribution in [3.63, 3.8) is 0 Å². The quantitative estimate of drug-likeness (QED) is 0.941. The van der Waals surface area contributed by atoms with Crippen LogP contribution in [0.1, 0.15) is 10.4 Å². The Bertz CT molecular complexity index is 634. The standard InChI is InChI=1S/C17H17NO3/c19-17(20)16-12-14(18-8-10-21-11-9-18)6-7-15(16)13-4-2-1-3-5-13/h1-7,12H,8-11H2,(H,19,20). The first-order valence-corrected chi connectivity index (χ1v) is 7.01. The van der Waals surface area contributed by atoms with Crippen LogP contribution in [0.5, 0.6) is 0 Å². The van der Waals surface area contributed by atoms with Gasteiger partial charge < -0.3 is 14.7 Å². The van der Waals surface area contributed by atoms with Gasteiger partial charge in [0.25, 0.3) is 0 Å². The number of hydrogen-bond donors (Lipinski definition) is 1. The topological polar surface area (TPSA) is 49.8 Å². The van der Waals surface area contributed by atoms with E-state index in [1.165, 1.54) is 0 Å². The van der Waals surface area contributed by atoms with E-state index in [1.54, 1.807) is 6.07 Å². The van der Waals surface area contributed by atoms with Gasteiger partial charge in [-0.2, -0.15) is 0 Å². The van der Waals surface area contributed by atoms with Gasteiger partial charge in [-0.3, -0.25) is 0 Å². The Hall–Kier alpha value is -2.33. The SMILES string of the molecule is O=C(O)c1cc(N2CCOCC2)ccc1-c1ccccc1. The molecule has 1 fully saturated rings. The maximum Gasteiger partial charge on any atom is 0.336 e. The molecule has 0 spiro atoms. The van der Waals surface area contributed by atoms with Crippen molar-refractivity contribution in [3.8, 4) is 11.1 Å². The summed E-state index contributed by atoms with van der Waals surface area (Å²) in [5, 5.41) is 9.51. The lowest BCUT2D eigenvalue weighted by atomic mass is 9.99. The minimum atomic E-state index is -0.899. The normalized spacial score (nSPS) is 15.0. The van der Waals surface area contributed by atoms with E-state index in [0.29, 0.717) is 18.8 Å². The molecular formula is C17H17NO3. The van der Waals surface area contributed by atoms with Crippen molar-refractivity contribution in [1.29, 1.82) is 0 Å². The molecule has 1 N–H and O–H groups in total. The van der Waals surface area contributed by atoms with Gasteiger partial charge in [-0.15, -0.1) is 0 Å². The highest BCUT2D eigenvalue weighted by Crippen LogP contribution is 2.28. The molecule has 0 radical (unpaired) electrons. The van der Waals surface area contributed by atoms with E-state index in [1.807, 2.05) is 42.5 Å². The summed E-state index contributed by atoms with van der Waals surface area (Å²) in [6, 6.07) is 15.2. The maximum atomic E-state index is 11.6. The second kappa shape index (κ2) is 5.97. The molecule has 1 heterocycles. The highest BCUT2D eigenvalue weighted by atomic mass is 16.5. The second-order valence-corrected chi connectivity index (χ2v) is 5.00. The first-order chi connectivity index (χ1) is 10.3. The van der Waals surface area contributed by atoms with E-state index >= 15 is 0 Å². The van der Waals surface area contributed by atoms with Crippen molar-refractivity contribution in [3.05, 3.63) is 54.1 Å². The van der Waals surface area contributed by atoms with Gasteiger partial charge in [-0.1, -0.05) is 36.4 Å². The molecule has 21 heavy (non-hydrogen) atoms. The molecule has 0 aliphatic carbocycles. The Labute approximate surface area is 123 Å². The molecule has 3 rings (SSSR count). The molecule has 0 atom stereocenters. The molecule has 0 bridgehead atoms. The van der Waals surface area contributed by atoms with E-state index in [0.717, 1.165) is 29.9 Å². The smallest absolute Gasteiger partial charge is 0.336 e. The van der Waals surface area contributed by atoms with Crippen molar-refractivity contribution in [2.75, 3.05) is 31.2 Å². The Kier molecular flexibility index (Phi) is 3.88. The highest BCUT2D eigenvalue weighted by molar-refractivity contribution is 5.97. The van der Waals surface area contributed by atoms with E-state index in [2.05, 4.69) is 4.90 Å². The maximum absolute atomic E-state index is 11.6. The summed E-state index contributed by atoms with van der Waals surface area (Å²) in [4.78, 5) is 13.7. The van der Waals surface area contributed by atoms with Crippen molar-refractivity contribution < 1.29 is 14.6 Å². The van der Waals surface area contributed by atoms with E-state index in [4.69, 9.17) is 4.74 Å². The summed E-state index contributed by atoms with van der Waals surface area (Å²) in [5.41, 5.74) is 2.95. The molecule has 1 aliphatic rings. The van der Waals surface area contributed by atoms with Gasteiger partial charge in [0.05, 0.1) is 18.8 Å². The molecule has 4 heteroatoms. The Morgan fingerprint density at radius 2 is 1.76 bits per heavy atom. The summed E-state index contributed by atoms with van der Waals surface area (Å²) in [5.74, 6) is -0.899. The average molecular weight is 283 g/mol. The molecule has 108 valence electrons. The van der Waals surface area contributed by atoms with Crippen molar-refractivity contribution in [2.24, 2.45) is 0 Å². The Balaban J connectivity index is 2.00.